The van der Waals surface area contributed by atoms with Crippen molar-refractivity contribution >= 4 is 35.8 Å². The van der Waals surface area contributed by atoms with E-state index >= 15 is 0 Å². The Morgan fingerprint density at radius 1 is 1.00 bits per heavy atom. The molecule has 0 heterocycles. The second-order valence-electron chi connectivity index (χ2n) is 6.26. The van der Waals surface area contributed by atoms with Gasteiger partial charge < -0.3 is 16.0 Å². The molecule has 3 N–H and O–H groups in total. The first-order chi connectivity index (χ1) is 12.5. The lowest BCUT2D eigenvalue weighted by atomic mass is 10.1. The summed E-state index contributed by atoms with van der Waals surface area (Å²) in [6, 6.07) is 15.9. The first kappa shape index (κ1) is 23.0. The van der Waals surface area contributed by atoms with Crippen LogP contribution in [0.5, 0.6) is 0 Å². The molecular formula is C21H29IN4O. The number of hydrogen-bond acceptors (Lipinski definition) is 2. The Labute approximate surface area is 179 Å². The van der Waals surface area contributed by atoms with E-state index in [1.807, 2.05) is 19.2 Å². The molecule has 1 amide bonds. The van der Waals surface area contributed by atoms with Crippen LogP contribution in [0.1, 0.15) is 40.9 Å². The standard InChI is InChI=1S/C21H28N4O.HI/c1-4-16-6-8-18(9-7-16)15-25(3)21(23-5-2)24-14-17-10-12-19(13-11-17)20(22)26;/h6-13H,4-5,14-15H2,1-3H3,(H2,22,26)(H,23,24);1H. The predicted octanol–water partition coefficient (Wildman–Crippen LogP) is 3.56. The number of primary amides is 1. The Hall–Kier alpha value is -2.09. The number of aryl methyl sites for hydroxylation is 1. The van der Waals surface area contributed by atoms with Crippen molar-refractivity contribution in [2.24, 2.45) is 10.7 Å². The van der Waals surface area contributed by atoms with Crippen LogP contribution in [-0.2, 0) is 19.5 Å². The van der Waals surface area contributed by atoms with Crippen LogP contribution in [-0.4, -0.2) is 30.4 Å². The van der Waals surface area contributed by atoms with Gasteiger partial charge in [-0.2, -0.15) is 0 Å². The van der Waals surface area contributed by atoms with Crippen molar-refractivity contribution in [2.75, 3.05) is 13.6 Å². The average molecular weight is 480 g/mol. The van der Waals surface area contributed by atoms with Crippen LogP contribution in [0.2, 0.25) is 0 Å². The summed E-state index contributed by atoms with van der Waals surface area (Å²) in [5.74, 6) is 0.438. The molecule has 0 atom stereocenters. The number of nitrogens with two attached hydrogens (primary N) is 1. The summed E-state index contributed by atoms with van der Waals surface area (Å²) >= 11 is 0. The second-order valence-corrected chi connectivity index (χ2v) is 6.26. The number of aliphatic imine (C=N–C) groups is 1. The number of rotatable bonds is 7. The molecule has 0 aromatic heterocycles. The molecule has 0 bridgehead atoms. The molecule has 2 rings (SSSR count). The lowest BCUT2D eigenvalue weighted by Gasteiger charge is -2.22. The highest BCUT2D eigenvalue weighted by molar-refractivity contribution is 14.0. The van der Waals surface area contributed by atoms with Gasteiger partial charge in [0.05, 0.1) is 6.54 Å². The van der Waals surface area contributed by atoms with Gasteiger partial charge in [0, 0.05) is 25.7 Å². The van der Waals surface area contributed by atoms with E-state index in [0.29, 0.717) is 12.1 Å². The number of benzene rings is 2. The summed E-state index contributed by atoms with van der Waals surface area (Å²) < 4.78 is 0. The highest BCUT2D eigenvalue weighted by atomic mass is 127. The third-order valence-corrected chi connectivity index (χ3v) is 4.20. The third-order valence-electron chi connectivity index (χ3n) is 4.20. The third kappa shape index (κ3) is 7.21. The van der Waals surface area contributed by atoms with Crippen LogP contribution < -0.4 is 11.1 Å². The van der Waals surface area contributed by atoms with E-state index in [4.69, 9.17) is 10.7 Å². The number of nitrogens with one attached hydrogen (secondary N) is 1. The Balaban J connectivity index is 0.00000364. The molecule has 6 heteroatoms. The lowest BCUT2D eigenvalue weighted by Crippen LogP contribution is -2.38. The van der Waals surface area contributed by atoms with Crippen molar-refractivity contribution < 1.29 is 4.79 Å². The normalized spacial score (nSPS) is 10.9. The largest absolute Gasteiger partial charge is 0.366 e. The highest BCUT2D eigenvalue weighted by Gasteiger charge is 2.07. The fourth-order valence-electron chi connectivity index (χ4n) is 2.64. The summed E-state index contributed by atoms with van der Waals surface area (Å²) in [6.07, 6.45) is 1.05. The molecule has 27 heavy (non-hydrogen) atoms. The summed E-state index contributed by atoms with van der Waals surface area (Å²) in [5.41, 5.74) is 9.41. The van der Waals surface area contributed by atoms with Crippen LogP contribution in [0, 0.1) is 0 Å². The molecule has 0 spiro atoms. The zero-order valence-electron chi connectivity index (χ0n) is 16.2. The number of guanidine groups is 1. The maximum atomic E-state index is 11.1. The van der Waals surface area contributed by atoms with Crippen molar-refractivity contribution in [1.29, 1.82) is 0 Å². The first-order valence-corrected chi connectivity index (χ1v) is 8.99. The molecule has 0 saturated carbocycles. The van der Waals surface area contributed by atoms with Gasteiger partial charge in [-0.05, 0) is 42.2 Å². The van der Waals surface area contributed by atoms with E-state index in [9.17, 15) is 4.79 Å². The summed E-state index contributed by atoms with van der Waals surface area (Å²) in [4.78, 5) is 18.0. The minimum atomic E-state index is -0.415. The minimum absolute atomic E-state index is 0. The number of halogens is 1. The van der Waals surface area contributed by atoms with E-state index in [1.165, 1.54) is 11.1 Å². The molecule has 5 nitrogen and oxygen atoms in total. The number of carbonyl (C=O) groups excluding carboxylic acids is 1. The van der Waals surface area contributed by atoms with Gasteiger partial charge in [-0.15, -0.1) is 24.0 Å². The molecule has 2 aromatic rings. The monoisotopic (exact) mass is 480 g/mol. The minimum Gasteiger partial charge on any atom is -0.366 e. The fourth-order valence-corrected chi connectivity index (χ4v) is 2.64. The summed E-state index contributed by atoms with van der Waals surface area (Å²) in [5, 5.41) is 3.33. The Bertz CT molecular complexity index is 742. The van der Waals surface area contributed by atoms with Crippen molar-refractivity contribution in [1.82, 2.24) is 10.2 Å². The molecule has 0 radical (unpaired) electrons. The van der Waals surface area contributed by atoms with Crippen molar-refractivity contribution in [3.63, 3.8) is 0 Å². The predicted molar refractivity (Wildman–Crippen MR) is 122 cm³/mol. The zero-order valence-corrected chi connectivity index (χ0v) is 18.6. The van der Waals surface area contributed by atoms with Crippen LogP contribution >= 0.6 is 24.0 Å². The van der Waals surface area contributed by atoms with Gasteiger partial charge in [-0.3, -0.25) is 4.79 Å². The number of carbonyl (C=O) groups is 1. The number of nitrogens with zero attached hydrogens (tertiary/aromatic N) is 2. The highest BCUT2D eigenvalue weighted by Crippen LogP contribution is 2.09. The molecule has 0 fully saturated rings. The Morgan fingerprint density at radius 2 is 1.56 bits per heavy atom. The molecule has 0 aliphatic rings. The van der Waals surface area contributed by atoms with Gasteiger partial charge in [0.15, 0.2) is 5.96 Å². The van der Waals surface area contributed by atoms with Crippen LogP contribution in [0.15, 0.2) is 53.5 Å². The Morgan fingerprint density at radius 3 is 2.07 bits per heavy atom. The number of amides is 1. The molecule has 0 unspecified atom stereocenters. The zero-order chi connectivity index (χ0) is 18.9. The van der Waals surface area contributed by atoms with Crippen molar-refractivity contribution in [3.8, 4) is 0 Å². The topological polar surface area (TPSA) is 70.7 Å². The van der Waals surface area contributed by atoms with E-state index in [0.717, 1.165) is 31.0 Å². The quantitative estimate of drug-likeness (QED) is 0.362. The first-order valence-electron chi connectivity index (χ1n) is 8.99. The summed E-state index contributed by atoms with van der Waals surface area (Å²) in [6.45, 7) is 6.35. The van der Waals surface area contributed by atoms with Gasteiger partial charge >= 0.3 is 0 Å². The Kier molecular flexibility index (Phi) is 9.85. The number of hydrogen-bond donors (Lipinski definition) is 2. The SMILES string of the molecule is CCNC(=NCc1ccc(C(N)=O)cc1)N(C)Cc1ccc(CC)cc1.I. The lowest BCUT2D eigenvalue weighted by molar-refractivity contribution is 0.100. The molecule has 0 aliphatic heterocycles. The van der Waals surface area contributed by atoms with Crippen molar-refractivity contribution in [2.45, 2.75) is 33.4 Å². The molecule has 0 saturated heterocycles. The fraction of sp³-hybridized carbons (Fsp3) is 0.333. The molecule has 0 aliphatic carbocycles. The van der Waals surface area contributed by atoms with Crippen LogP contribution in [0.25, 0.3) is 0 Å². The maximum Gasteiger partial charge on any atom is 0.248 e. The maximum absolute atomic E-state index is 11.1. The van der Waals surface area contributed by atoms with E-state index in [1.54, 1.807) is 12.1 Å². The van der Waals surface area contributed by atoms with Crippen LogP contribution in [0.3, 0.4) is 0 Å². The average Bonchev–Trinajstić information content (AvgIpc) is 2.66. The van der Waals surface area contributed by atoms with Gasteiger partial charge in [0.1, 0.15) is 0 Å². The molecular weight excluding hydrogens is 451 g/mol. The van der Waals surface area contributed by atoms with Gasteiger partial charge in [-0.1, -0.05) is 43.3 Å². The van der Waals surface area contributed by atoms with Gasteiger partial charge in [0.2, 0.25) is 5.91 Å². The summed E-state index contributed by atoms with van der Waals surface area (Å²) in [7, 11) is 2.03. The molecule has 146 valence electrons. The van der Waals surface area contributed by atoms with E-state index in [2.05, 4.69) is 48.3 Å². The van der Waals surface area contributed by atoms with E-state index < -0.39 is 5.91 Å². The second kappa shape index (κ2) is 11.6. The van der Waals surface area contributed by atoms with Gasteiger partial charge in [-0.25, -0.2) is 4.99 Å². The smallest absolute Gasteiger partial charge is 0.248 e. The van der Waals surface area contributed by atoms with Gasteiger partial charge in [0.25, 0.3) is 0 Å². The van der Waals surface area contributed by atoms with Crippen molar-refractivity contribution in [3.05, 3.63) is 70.8 Å². The molecule has 2 aromatic carbocycles. The van der Waals surface area contributed by atoms with Crippen LogP contribution in [0.4, 0.5) is 0 Å². The van der Waals surface area contributed by atoms with E-state index in [-0.39, 0.29) is 24.0 Å².